The maximum Gasteiger partial charge on any atom is 0.244 e. The van der Waals surface area contributed by atoms with Gasteiger partial charge in [0.05, 0.1) is 11.9 Å². The van der Waals surface area contributed by atoms with Crippen molar-refractivity contribution >= 4 is 55.1 Å². The van der Waals surface area contributed by atoms with E-state index in [1.807, 2.05) is 61.5 Å². The van der Waals surface area contributed by atoms with Crippen LogP contribution in [0.1, 0.15) is 30.9 Å². The minimum atomic E-state index is -3.82. The lowest BCUT2D eigenvalue weighted by atomic mass is 10.0. The summed E-state index contributed by atoms with van der Waals surface area (Å²) in [6, 6.07) is 22.3. The maximum atomic E-state index is 14.0. The molecule has 0 saturated carbocycles. The summed E-state index contributed by atoms with van der Waals surface area (Å²) in [5.41, 5.74) is 2.01. The van der Waals surface area contributed by atoms with Crippen molar-refractivity contribution in [2.45, 2.75) is 38.8 Å². The highest BCUT2D eigenvalue weighted by molar-refractivity contribution is 9.10. The van der Waals surface area contributed by atoms with E-state index >= 15 is 0 Å². The van der Waals surface area contributed by atoms with Gasteiger partial charge in [-0.15, -0.1) is 0 Å². The number of hydrogen-bond acceptors (Lipinski definition) is 4. The van der Waals surface area contributed by atoms with Gasteiger partial charge in [0, 0.05) is 29.0 Å². The molecule has 3 rings (SSSR count). The standard InChI is InChI=1S/C29H33BrClN3O4S/c1-3-4-18-32-29(36)27(19-22-8-6-5-7-9-22)33(20-23-10-12-24(30)13-11-23)28(35)21-34(39(2,37)38)26-16-14-25(31)15-17-26/h5-17,27H,3-4,18-21H2,1-2H3,(H,32,36)/t27-/m1/s1. The van der Waals surface area contributed by atoms with Crippen molar-refractivity contribution in [3.63, 3.8) is 0 Å². The topological polar surface area (TPSA) is 86.8 Å². The van der Waals surface area contributed by atoms with E-state index < -0.39 is 28.5 Å². The van der Waals surface area contributed by atoms with Crippen LogP contribution < -0.4 is 9.62 Å². The summed E-state index contributed by atoms with van der Waals surface area (Å²) in [7, 11) is -3.82. The Balaban J connectivity index is 2.01. The molecular formula is C29H33BrClN3O4S. The number of unbranched alkanes of at least 4 members (excludes halogenated alkanes) is 1. The van der Waals surface area contributed by atoms with E-state index in [1.54, 1.807) is 24.3 Å². The average molecular weight is 635 g/mol. The summed E-state index contributed by atoms with van der Waals surface area (Å²) >= 11 is 9.43. The van der Waals surface area contributed by atoms with Gasteiger partial charge in [-0.2, -0.15) is 0 Å². The van der Waals surface area contributed by atoms with Crippen molar-refractivity contribution in [2.75, 3.05) is 23.7 Å². The second-order valence-electron chi connectivity index (χ2n) is 9.24. The van der Waals surface area contributed by atoms with Crippen molar-refractivity contribution in [1.29, 1.82) is 0 Å². The smallest absolute Gasteiger partial charge is 0.244 e. The molecule has 0 aliphatic carbocycles. The Kier molecular flexibility index (Phi) is 11.4. The molecule has 0 fully saturated rings. The second-order valence-corrected chi connectivity index (χ2v) is 12.5. The van der Waals surface area contributed by atoms with Gasteiger partial charge in [-0.25, -0.2) is 8.42 Å². The third-order valence-electron chi connectivity index (χ3n) is 6.16. The fourth-order valence-electron chi connectivity index (χ4n) is 4.07. The van der Waals surface area contributed by atoms with E-state index in [2.05, 4.69) is 21.2 Å². The molecule has 7 nitrogen and oxygen atoms in total. The molecule has 2 amide bonds. The van der Waals surface area contributed by atoms with E-state index in [-0.39, 0.29) is 18.9 Å². The molecule has 10 heteroatoms. The number of carbonyl (C=O) groups excluding carboxylic acids is 2. The summed E-state index contributed by atoms with van der Waals surface area (Å²) in [6.45, 7) is 2.18. The Morgan fingerprint density at radius 3 is 2.18 bits per heavy atom. The van der Waals surface area contributed by atoms with Crippen LogP contribution in [0, 0.1) is 0 Å². The van der Waals surface area contributed by atoms with Crippen LogP contribution in [0.2, 0.25) is 5.02 Å². The second kappa shape index (κ2) is 14.5. The Bertz CT molecular complexity index is 1340. The summed E-state index contributed by atoms with van der Waals surface area (Å²) in [5.74, 6) is -0.778. The molecule has 39 heavy (non-hydrogen) atoms. The van der Waals surface area contributed by atoms with Gasteiger partial charge in [0.25, 0.3) is 0 Å². The van der Waals surface area contributed by atoms with Crippen molar-refractivity contribution in [1.82, 2.24) is 10.2 Å². The van der Waals surface area contributed by atoms with Crippen LogP contribution in [-0.2, 0) is 32.6 Å². The predicted molar refractivity (Wildman–Crippen MR) is 160 cm³/mol. The van der Waals surface area contributed by atoms with Gasteiger partial charge >= 0.3 is 0 Å². The third kappa shape index (κ3) is 9.37. The number of amides is 2. The molecule has 1 atom stereocenters. The molecule has 0 saturated heterocycles. The quantitative estimate of drug-likeness (QED) is 0.254. The van der Waals surface area contributed by atoms with Crippen molar-refractivity contribution in [2.24, 2.45) is 0 Å². The number of nitrogens with zero attached hydrogens (tertiary/aromatic N) is 2. The molecule has 3 aromatic rings. The van der Waals surface area contributed by atoms with Crippen molar-refractivity contribution < 1.29 is 18.0 Å². The Hall–Kier alpha value is -2.88. The number of halogens is 2. The van der Waals surface area contributed by atoms with Gasteiger partial charge in [-0.05, 0) is 53.9 Å². The molecule has 0 aliphatic rings. The van der Waals surface area contributed by atoms with Crippen molar-refractivity contribution in [3.8, 4) is 0 Å². The van der Waals surface area contributed by atoms with Crippen molar-refractivity contribution in [3.05, 3.63) is 99.5 Å². The Morgan fingerprint density at radius 1 is 0.949 bits per heavy atom. The number of nitrogens with one attached hydrogen (secondary N) is 1. The number of benzene rings is 3. The summed E-state index contributed by atoms with van der Waals surface area (Å²) in [6.07, 6.45) is 3.05. The number of anilines is 1. The van der Waals surface area contributed by atoms with Crippen LogP contribution in [0.5, 0.6) is 0 Å². The zero-order chi connectivity index (χ0) is 28.4. The van der Waals surface area contributed by atoms with Crippen LogP contribution in [0.4, 0.5) is 5.69 Å². The number of carbonyl (C=O) groups is 2. The number of rotatable bonds is 13. The molecule has 0 bridgehead atoms. The third-order valence-corrected chi connectivity index (χ3v) is 8.08. The lowest BCUT2D eigenvalue weighted by molar-refractivity contribution is -0.140. The van der Waals surface area contributed by atoms with E-state index in [0.717, 1.165) is 39.0 Å². The highest BCUT2D eigenvalue weighted by Gasteiger charge is 2.32. The van der Waals surface area contributed by atoms with Crippen LogP contribution in [0.25, 0.3) is 0 Å². The minimum absolute atomic E-state index is 0.128. The van der Waals surface area contributed by atoms with E-state index in [0.29, 0.717) is 17.3 Å². The molecule has 0 unspecified atom stereocenters. The van der Waals surface area contributed by atoms with Gasteiger partial charge in [-0.1, -0.05) is 83.3 Å². The first-order chi connectivity index (χ1) is 18.6. The fourth-order valence-corrected chi connectivity index (χ4v) is 5.31. The molecule has 0 heterocycles. The van der Waals surface area contributed by atoms with Crippen LogP contribution >= 0.6 is 27.5 Å². The first-order valence-corrected chi connectivity index (χ1v) is 15.7. The van der Waals surface area contributed by atoms with Gasteiger partial charge in [0.1, 0.15) is 12.6 Å². The summed E-state index contributed by atoms with van der Waals surface area (Å²) in [4.78, 5) is 29.0. The Labute approximate surface area is 244 Å². The molecular weight excluding hydrogens is 602 g/mol. The van der Waals surface area contributed by atoms with Gasteiger partial charge in [0.15, 0.2) is 0 Å². The van der Waals surface area contributed by atoms with Crippen LogP contribution in [-0.4, -0.2) is 50.5 Å². The molecule has 208 valence electrons. The molecule has 1 N–H and O–H groups in total. The summed E-state index contributed by atoms with van der Waals surface area (Å²) in [5, 5.41) is 3.42. The van der Waals surface area contributed by atoms with E-state index in [9.17, 15) is 18.0 Å². The Morgan fingerprint density at radius 2 is 1.59 bits per heavy atom. The lowest BCUT2D eigenvalue weighted by Gasteiger charge is -2.33. The number of sulfonamides is 1. The highest BCUT2D eigenvalue weighted by Crippen LogP contribution is 2.22. The SMILES string of the molecule is CCCCNC(=O)[C@@H](Cc1ccccc1)N(Cc1ccc(Br)cc1)C(=O)CN(c1ccc(Cl)cc1)S(C)(=O)=O. The fraction of sp³-hybridized carbons (Fsp3) is 0.310. The van der Waals surface area contributed by atoms with Crippen LogP contribution in [0.3, 0.4) is 0 Å². The van der Waals surface area contributed by atoms with Crippen LogP contribution in [0.15, 0.2) is 83.3 Å². The lowest BCUT2D eigenvalue weighted by Crippen LogP contribution is -2.53. The van der Waals surface area contributed by atoms with E-state index in [1.165, 1.54) is 4.90 Å². The monoisotopic (exact) mass is 633 g/mol. The predicted octanol–water partition coefficient (Wildman–Crippen LogP) is 5.42. The minimum Gasteiger partial charge on any atom is -0.354 e. The largest absolute Gasteiger partial charge is 0.354 e. The van der Waals surface area contributed by atoms with E-state index in [4.69, 9.17) is 11.6 Å². The maximum absolute atomic E-state index is 14.0. The average Bonchev–Trinajstić information content (AvgIpc) is 2.91. The first-order valence-electron chi connectivity index (χ1n) is 12.7. The first kappa shape index (κ1) is 30.7. The zero-order valence-corrected chi connectivity index (χ0v) is 25.2. The highest BCUT2D eigenvalue weighted by atomic mass is 79.9. The van der Waals surface area contributed by atoms with Gasteiger partial charge in [0.2, 0.25) is 21.8 Å². The zero-order valence-electron chi connectivity index (χ0n) is 22.0. The molecule has 3 aromatic carbocycles. The van der Waals surface area contributed by atoms with Gasteiger partial charge in [-0.3, -0.25) is 13.9 Å². The molecule has 0 aromatic heterocycles. The summed E-state index contributed by atoms with van der Waals surface area (Å²) < 4.78 is 27.5. The molecule has 0 spiro atoms. The molecule has 0 aliphatic heterocycles. The molecule has 0 radical (unpaired) electrons. The number of hydrogen-bond donors (Lipinski definition) is 1. The normalized spacial score (nSPS) is 12.0. The van der Waals surface area contributed by atoms with Gasteiger partial charge < -0.3 is 10.2 Å².